The van der Waals surface area contributed by atoms with Gasteiger partial charge in [-0.3, -0.25) is 14.9 Å². The van der Waals surface area contributed by atoms with E-state index in [1.54, 1.807) is 0 Å². The number of para-hydroxylation sites is 1. The standard InChI is InChI=1S/C24H20N2O5S/c1-14-18(25-23(30-14)20-13-16-4-2-3-5-19(16)31-20)10-11-29-17-8-6-15(7-9-17)12-21-22(27)26-24(28)32-21/h2-9,13,21H,10-12H2,1H3,(H,26,27,28). The number of carbonyl (C=O) groups excluding carboxylic acids is 2. The number of benzene rings is 2. The van der Waals surface area contributed by atoms with Crippen LogP contribution in [-0.4, -0.2) is 28.0 Å². The minimum absolute atomic E-state index is 0.231. The molecular formula is C24H20N2O5S. The minimum atomic E-state index is -0.370. The van der Waals surface area contributed by atoms with E-state index in [2.05, 4.69) is 10.3 Å². The summed E-state index contributed by atoms with van der Waals surface area (Å²) in [5.41, 5.74) is 2.60. The number of aromatic nitrogens is 1. The Kier molecular flexibility index (Phi) is 5.45. The summed E-state index contributed by atoms with van der Waals surface area (Å²) in [4.78, 5) is 27.6. The number of nitrogens with one attached hydrogen (secondary N) is 1. The zero-order valence-corrected chi connectivity index (χ0v) is 18.1. The van der Waals surface area contributed by atoms with E-state index in [1.807, 2.05) is 61.5 Å². The number of thioether (sulfide) groups is 1. The summed E-state index contributed by atoms with van der Waals surface area (Å²) in [7, 11) is 0. The van der Waals surface area contributed by atoms with Crippen LogP contribution in [-0.2, 0) is 17.6 Å². The van der Waals surface area contributed by atoms with Gasteiger partial charge in [-0.2, -0.15) is 0 Å². The average molecular weight is 449 g/mol. The van der Waals surface area contributed by atoms with Crippen molar-refractivity contribution in [2.24, 2.45) is 0 Å². The molecule has 0 bridgehead atoms. The van der Waals surface area contributed by atoms with E-state index >= 15 is 0 Å². The second kappa shape index (κ2) is 8.55. The normalized spacial score (nSPS) is 16.0. The molecule has 3 heterocycles. The Hall–Kier alpha value is -3.52. The summed E-state index contributed by atoms with van der Waals surface area (Å²) in [5, 5.41) is 2.66. The van der Waals surface area contributed by atoms with Crippen LogP contribution in [0.4, 0.5) is 4.79 Å². The molecule has 0 radical (unpaired) electrons. The monoisotopic (exact) mass is 448 g/mol. The van der Waals surface area contributed by atoms with Gasteiger partial charge < -0.3 is 13.6 Å². The lowest BCUT2D eigenvalue weighted by molar-refractivity contribution is -0.118. The topological polar surface area (TPSA) is 94.6 Å². The van der Waals surface area contributed by atoms with Crippen molar-refractivity contribution < 1.29 is 23.2 Å². The fourth-order valence-corrected chi connectivity index (χ4v) is 4.44. The van der Waals surface area contributed by atoms with Crippen LogP contribution in [0.5, 0.6) is 5.75 Å². The maximum absolute atomic E-state index is 11.7. The minimum Gasteiger partial charge on any atom is -0.493 e. The average Bonchev–Trinajstić information content (AvgIpc) is 3.46. The van der Waals surface area contributed by atoms with E-state index in [9.17, 15) is 9.59 Å². The van der Waals surface area contributed by atoms with Gasteiger partial charge in [0.15, 0.2) is 5.76 Å². The number of rotatable bonds is 7. The third-order valence-corrected chi connectivity index (χ3v) is 6.23. The van der Waals surface area contributed by atoms with Gasteiger partial charge in [0.25, 0.3) is 11.1 Å². The number of amides is 2. The molecule has 5 rings (SSSR count). The van der Waals surface area contributed by atoms with Crippen LogP contribution in [0, 0.1) is 6.92 Å². The third-order valence-electron chi connectivity index (χ3n) is 5.25. The molecule has 1 fully saturated rings. The number of oxazole rings is 1. The number of aryl methyl sites for hydroxylation is 1. The number of nitrogens with zero attached hydrogens (tertiary/aromatic N) is 1. The molecule has 4 aromatic rings. The van der Waals surface area contributed by atoms with Gasteiger partial charge in [-0.1, -0.05) is 42.1 Å². The van der Waals surface area contributed by atoms with Crippen LogP contribution in [0.1, 0.15) is 17.0 Å². The summed E-state index contributed by atoms with van der Waals surface area (Å²) in [6, 6.07) is 17.3. The molecule has 1 unspecified atom stereocenters. The number of carbonyl (C=O) groups is 2. The Labute approximate surface area is 188 Å². The maximum atomic E-state index is 11.7. The number of hydrogen-bond acceptors (Lipinski definition) is 7. The summed E-state index contributed by atoms with van der Waals surface area (Å²) >= 11 is 1.03. The van der Waals surface area contributed by atoms with Gasteiger partial charge >= 0.3 is 0 Å². The second-order valence-corrected chi connectivity index (χ2v) is 8.68. The first-order valence-corrected chi connectivity index (χ1v) is 11.1. The van der Waals surface area contributed by atoms with Crippen molar-refractivity contribution >= 4 is 33.9 Å². The molecule has 1 N–H and O–H groups in total. The molecular weight excluding hydrogens is 428 g/mol. The van der Waals surface area contributed by atoms with E-state index in [4.69, 9.17) is 13.6 Å². The first-order chi connectivity index (χ1) is 15.5. The van der Waals surface area contributed by atoms with E-state index in [0.717, 1.165) is 45.5 Å². The van der Waals surface area contributed by atoms with E-state index in [1.165, 1.54) is 0 Å². The molecule has 8 heteroatoms. The summed E-state index contributed by atoms with van der Waals surface area (Å²) < 4.78 is 17.5. The van der Waals surface area contributed by atoms with Crippen molar-refractivity contribution in [2.45, 2.75) is 25.0 Å². The zero-order valence-electron chi connectivity index (χ0n) is 17.3. The summed E-state index contributed by atoms with van der Waals surface area (Å²) in [6.45, 7) is 2.33. The van der Waals surface area contributed by atoms with Gasteiger partial charge in [-0.15, -0.1) is 0 Å². The maximum Gasteiger partial charge on any atom is 0.286 e. The Morgan fingerprint density at radius 3 is 2.66 bits per heavy atom. The highest BCUT2D eigenvalue weighted by Gasteiger charge is 2.31. The van der Waals surface area contributed by atoms with E-state index in [0.29, 0.717) is 31.1 Å². The van der Waals surface area contributed by atoms with E-state index < -0.39 is 0 Å². The highest BCUT2D eigenvalue weighted by Crippen LogP contribution is 2.29. The van der Waals surface area contributed by atoms with Gasteiger partial charge in [-0.05, 0) is 43.2 Å². The highest BCUT2D eigenvalue weighted by molar-refractivity contribution is 8.15. The van der Waals surface area contributed by atoms with Crippen molar-refractivity contribution in [2.75, 3.05) is 6.61 Å². The largest absolute Gasteiger partial charge is 0.493 e. The van der Waals surface area contributed by atoms with Gasteiger partial charge in [0.05, 0.1) is 17.6 Å². The number of hydrogen-bond donors (Lipinski definition) is 1. The predicted molar refractivity (Wildman–Crippen MR) is 121 cm³/mol. The number of fused-ring (bicyclic) bond motifs is 1. The molecule has 2 aromatic heterocycles. The molecule has 0 spiro atoms. The number of imide groups is 1. The summed E-state index contributed by atoms with van der Waals surface area (Å²) in [5.74, 6) is 2.30. The molecule has 1 aliphatic heterocycles. The van der Waals surface area contributed by atoms with E-state index in [-0.39, 0.29) is 16.4 Å². The lowest BCUT2D eigenvalue weighted by Gasteiger charge is -2.08. The Balaban J connectivity index is 1.18. The fourth-order valence-electron chi connectivity index (χ4n) is 3.58. The summed E-state index contributed by atoms with van der Waals surface area (Å²) in [6.07, 6.45) is 1.10. The van der Waals surface area contributed by atoms with Crippen molar-refractivity contribution in [1.29, 1.82) is 0 Å². The van der Waals surface area contributed by atoms with Gasteiger partial charge in [0.2, 0.25) is 5.91 Å². The van der Waals surface area contributed by atoms with Crippen LogP contribution in [0.3, 0.4) is 0 Å². The Morgan fingerprint density at radius 2 is 1.91 bits per heavy atom. The van der Waals surface area contributed by atoms with Crippen molar-refractivity contribution in [3.63, 3.8) is 0 Å². The molecule has 7 nitrogen and oxygen atoms in total. The number of furan rings is 1. The zero-order chi connectivity index (χ0) is 22.1. The molecule has 1 atom stereocenters. The fraction of sp³-hybridized carbons (Fsp3) is 0.208. The SMILES string of the molecule is Cc1oc(-c2cc3ccccc3o2)nc1CCOc1ccc(CC2SC(=O)NC2=O)cc1. The lowest BCUT2D eigenvalue weighted by atomic mass is 10.1. The molecule has 1 aliphatic rings. The Morgan fingerprint density at radius 1 is 1.09 bits per heavy atom. The molecule has 0 saturated carbocycles. The predicted octanol–water partition coefficient (Wildman–Crippen LogP) is 4.91. The van der Waals surface area contributed by atoms with Crippen LogP contribution in [0.2, 0.25) is 0 Å². The van der Waals surface area contributed by atoms with Crippen molar-refractivity contribution in [3.05, 3.63) is 71.6 Å². The second-order valence-electron chi connectivity index (χ2n) is 7.50. The molecule has 0 aliphatic carbocycles. The van der Waals surface area contributed by atoms with Crippen molar-refractivity contribution in [1.82, 2.24) is 10.3 Å². The third kappa shape index (κ3) is 4.27. The van der Waals surface area contributed by atoms with Crippen LogP contribution >= 0.6 is 11.8 Å². The van der Waals surface area contributed by atoms with Gasteiger partial charge in [-0.25, -0.2) is 4.98 Å². The quantitative estimate of drug-likeness (QED) is 0.429. The number of ether oxygens (including phenoxy) is 1. The van der Waals surface area contributed by atoms with Crippen LogP contribution in [0.25, 0.3) is 22.6 Å². The van der Waals surface area contributed by atoms with Crippen molar-refractivity contribution in [3.8, 4) is 17.4 Å². The first-order valence-electron chi connectivity index (χ1n) is 10.2. The molecule has 32 heavy (non-hydrogen) atoms. The molecule has 162 valence electrons. The smallest absolute Gasteiger partial charge is 0.286 e. The van der Waals surface area contributed by atoms with Crippen LogP contribution < -0.4 is 10.1 Å². The molecule has 1 saturated heterocycles. The Bertz CT molecular complexity index is 1260. The molecule has 2 amide bonds. The lowest BCUT2D eigenvalue weighted by Crippen LogP contribution is -2.25. The van der Waals surface area contributed by atoms with Crippen LogP contribution in [0.15, 0.2) is 63.4 Å². The van der Waals surface area contributed by atoms with Gasteiger partial charge in [0, 0.05) is 11.8 Å². The molecule has 2 aromatic carbocycles. The highest BCUT2D eigenvalue weighted by atomic mass is 32.2. The van der Waals surface area contributed by atoms with Gasteiger partial charge in [0.1, 0.15) is 17.1 Å². The first kappa shape index (κ1) is 20.4.